The van der Waals surface area contributed by atoms with Crippen molar-refractivity contribution in [1.29, 1.82) is 0 Å². The van der Waals surface area contributed by atoms with Crippen molar-refractivity contribution in [2.24, 2.45) is 11.8 Å². The summed E-state index contributed by atoms with van der Waals surface area (Å²) in [5.74, 6) is 0.927. The second-order valence-electron chi connectivity index (χ2n) is 5.06. The quantitative estimate of drug-likeness (QED) is 0.923. The van der Waals surface area contributed by atoms with Gasteiger partial charge in [0.15, 0.2) is 0 Å². The molecule has 0 bridgehead atoms. The molecule has 2 N–H and O–H groups in total. The van der Waals surface area contributed by atoms with E-state index in [9.17, 15) is 4.39 Å². The number of fused-ring (bicyclic) bond motifs is 1. The highest BCUT2D eigenvalue weighted by atomic mass is 35.5. The Morgan fingerprint density at radius 3 is 2.67 bits per heavy atom. The monoisotopic (exact) mass is 269 g/mol. The van der Waals surface area contributed by atoms with Crippen molar-refractivity contribution in [1.82, 2.24) is 9.55 Å². The number of imidazole rings is 1. The Hall–Kier alpha value is -1.29. The lowest BCUT2D eigenvalue weighted by molar-refractivity contribution is 0.371. The summed E-state index contributed by atoms with van der Waals surface area (Å²) < 4.78 is 15.3. The first-order chi connectivity index (χ1) is 8.40. The van der Waals surface area contributed by atoms with Crippen LogP contribution in [0.5, 0.6) is 0 Å². The zero-order valence-electron chi connectivity index (χ0n) is 10.7. The van der Waals surface area contributed by atoms with Crippen molar-refractivity contribution in [3.8, 4) is 0 Å². The van der Waals surface area contributed by atoms with Gasteiger partial charge in [0.25, 0.3) is 0 Å². The smallest absolute Gasteiger partial charge is 0.201 e. The van der Waals surface area contributed by atoms with E-state index < -0.39 is 5.82 Å². The summed E-state index contributed by atoms with van der Waals surface area (Å²) >= 11 is 5.81. The first-order valence-corrected chi connectivity index (χ1v) is 6.38. The van der Waals surface area contributed by atoms with Gasteiger partial charge in [-0.2, -0.15) is 0 Å². The summed E-state index contributed by atoms with van der Waals surface area (Å²) in [6.45, 7) is 7.22. The molecule has 5 heteroatoms. The van der Waals surface area contributed by atoms with Crippen LogP contribution in [0, 0.1) is 17.7 Å². The van der Waals surface area contributed by atoms with Gasteiger partial charge in [-0.25, -0.2) is 9.37 Å². The number of halogens is 2. The Labute approximate surface area is 111 Å². The number of nitrogen functional groups attached to an aromatic ring is 1. The molecule has 98 valence electrons. The maximum atomic E-state index is 13.4. The molecule has 0 amide bonds. The van der Waals surface area contributed by atoms with Crippen molar-refractivity contribution < 1.29 is 4.39 Å². The Bertz CT molecular complexity index is 577. The molecule has 1 aromatic heterocycles. The van der Waals surface area contributed by atoms with Crippen LogP contribution in [0.25, 0.3) is 11.0 Å². The molecular formula is C13H17ClFN3. The topological polar surface area (TPSA) is 43.8 Å². The van der Waals surface area contributed by atoms with Gasteiger partial charge in [0.1, 0.15) is 5.82 Å². The van der Waals surface area contributed by atoms with Gasteiger partial charge in [-0.1, -0.05) is 32.4 Å². The zero-order chi connectivity index (χ0) is 13.4. The Kier molecular flexibility index (Phi) is 3.48. The van der Waals surface area contributed by atoms with Crippen molar-refractivity contribution in [2.45, 2.75) is 27.3 Å². The molecule has 0 saturated heterocycles. The van der Waals surface area contributed by atoms with Crippen LogP contribution >= 0.6 is 11.6 Å². The van der Waals surface area contributed by atoms with Gasteiger partial charge in [-0.05, 0) is 17.9 Å². The van der Waals surface area contributed by atoms with Crippen LogP contribution in [0.15, 0.2) is 12.1 Å². The summed E-state index contributed by atoms with van der Waals surface area (Å²) in [6.07, 6.45) is 0. The van der Waals surface area contributed by atoms with Crippen molar-refractivity contribution in [3.05, 3.63) is 23.0 Å². The van der Waals surface area contributed by atoms with Crippen LogP contribution in [-0.2, 0) is 6.54 Å². The lowest BCUT2D eigenvalue weighted by Gasteiger charge is -2.17. The fourth-order valence-electron chi connectivity index (χ4n) is 1.83. The SMILES string of the molecule is CC(C)C(C)Cn1c(N)nc2cc(F)c(Cl)cc21. The number of aromatic nitrogens is 2. The van der Waals surface area contributed by atoms with E-state index in [-0.39, 0.29) is 5.02 Å². The average molecular weight is 270 g/mol. The van der Waals surface area contributed by atoms with Crippen LogP contribution in [0.2, 0.25) is 5.02 Å². The number of nitrogens with zero attached hydrogens (tertiary/aromatic N) is 2. The number of anilines is 1. The van der Waals surface area contributed by atoms with E-state index in [0.29, 0.717) is 23.3 Å². The Morgan fingerprint density at radius 2 is 2.06 bits per heavy atom. The highest BCUT2D eigenvalue weighted by Crippen LogP contribution is 2.26. The van der Waals surface area contributed by atoms with Crippen molar-refractivity contribution in [2.75, 3.05) is 5.73 Å². The second kappa shape index (κ2) is 4.76. The fourth-order valence-corrected chi connectivity index (χ4v) is 1.99. The minimum absolute atomic E-state index is 0.0980. The van der Waals surface area contributed by atoms with E-state index in [1.807, 2.05) is 4.57 Å². The molecule has 0 fully saturated rings. The molecule has 1 unspecified atom stereocenters. The lowest BCUT2D eigenvalue weighted by atomic mass is 9.98. The molecule has 0 saturated carbocycles. The van der Waals surface area contributed by atoms with Crippen LogP contribution < -0.4 is 5.73 Å². The molecule has 0 radical (unpaired) electrons. The molecule has 18 heavy (non-hydrogen) atoms. The van der Waals surface area contributed by atoms with Crippen LogP contribution in [0.4, 0.5) is 10.3 Å². The van der Waals surface area contributed by atoms with E-state index >= 15 is 0 Å². The second-order valence-corrected chi connectivity index (χ2v) is 5.46. The largest absolute Gasteiger partial charge is 0.369 e. The number of benzene rings is 1. The number of hydrogen-bond donors (Lipinski definition) is 1. The average Bonchev–Trinajstić information content (AvgIpc) is 2.56. The highest BCUT2D eigenvalue weighted by Gasteiger charge is 2.15. The molecule has 0 aliphatic rings. The van der Waals surface area contributed by atoms with Gasteiger partial charge in [-0.3, -0.25) is 0 Å². The summed E-state index contributed by atoms with van der Waals surface area (Å²) in [4.78, 5) is 4.17. The fraction of sp³-hybridized carbons (Fsp3) is 0.462. The third kappa shape index (κ3) is 2.29. The molecule has 1 atom stereocenters. The van der Waals surface area contributed by atoms with Gasteiger partial charge in [0.2, 0.25) is 5.95 Å². The zero-order valence-corrected chi connectivity index (χ0v) is 11.5. The standard InChI is InChI=1S/C13H17ClFN3/c1-7(2)8(3)6-18-12-4-9(14)10(15)5-11(12)17-13(18)16/h4-5,7-8H,6H2,1-3H3,(H2,16,17). The summed E-state index contributed by atoms with van der Waals surface area (Å²) in [5.41, 5.74) is 7.22. The summed E-state index contributed by atoms with van der Waals surface area (Å²) in [7, 11) is 0. The van der Waals surface area contributed by atoms with E-state index in [1.54, 1.807) is 6.07 Å². The third-order valence-electron chi connectivity index (χ3n) is 3.43. The third-order valence-corrected chi connectivity index (χ3v) is 3.72. The molecule has 1 aromatic carbocycles. The first-order valence-electron chi connectivity index (χ1n) is 6.01. The van der Waals surface area contributed by atoms with Crippen molar-refractivity contribution >= 4 is 28.6 Å². The predicted molar refractivity (Wildman–Crippen MR) is 73.1 cm³/mol. The van der Waals surface area contributed by atoms with Crippen LogP contribution in [-0.4, -0.2) is 9.55 Å². The van der Waals surface area contributed by atoms with Crippen LogP contribution in [0.1, 0.15) is 20.8 Å². The molecule has 0 aliphatic carbocycles. The molecule has 2 rings (SSSR count). The number of hydrogen-bond acceptors (Lipinski definition) is 2. The van der Waals surface area contributed by atoms with Gasteiger partial charge < -0.3 is 10.3 Å². The number of rotatable bonds is 3. The molecular weight excluding hydrogens is 253 g/mol. The molecule has 2 aromatic rings. The molecule has 0 spiro atoms. The van der Waals surface area contributed by atoms with Crippen LogP contribution in [0.3, 0.4) is 0 Å². The van der Waals surface area contributed by atoms with Gasteiger partial charge in [0.05, 0.1) is 16.1 Å². The van der Waals surface area contributed by atoms with E-state index in [2.05, 4.69) is 25.8 Å². The minimum Gasteiger partial charge on any atom is -0.369 e. The molecule has 3 nitrogen and oxygen atoms in total. The summed E-state index contributed by atoms with van der Waals surface area (Å²) in [6, 6.07) is 2.91. The normalized spacial score (nSPS) is 13.4. The summed E-state index contributed by atoms with van der Waals surface area (Å²) in [5, 5.41) is 0.0980. The van der Waals surface area contributed by atoms with E-state index in [4.69, 9.17) is 17.3 Å². The lowest BCUT2D eigenvalue weighted by Crippen LogP contribution is -2.14. The van der Waals surface area contributed by atoms with Gasteiger partial charge in [0, 0.05) is 12.6 Å². The molecule has 0 aliphatic heterocycles. The predicted octanol–water partition coefficient (Wildman–Crippen LogP) is 3.70. The maximum Gasteiger partial charge on any atom is 0.201 e. The van der Waals surface area contributed by atoms with E-state index in [0.717, 1.165) is 12.1 Å². The maximum absolute atomic E-state index is 13.4. The number of nitrogens with two attached hydrogens (primary N) is 1. The van der Waals surface area contributed by atoms with Gasteiger partial charge in [-0.15, -0.1) is 0 Å². The van der Waals surface area contributed by atoms with Crippen molar-refractivity contribution in [3.63, 3.8) is 0 Å². The first kappa shape index (κ1) is 13.1. The van der Waals surface area contributed by atoms with E-state index in [1.165, 1.54) is 6.07 Å². The minimum atomic E-state index is -0.467. The van der Waals surface area contributed by atoms with Gasteiger partial charge >= 0.3 is 0 Å². The molecule has 1 heterocycles. The Morgan fingerprint density at radius 1 is 1.39 bits per heavy atom. The Balaban J connectivity index is 2.50. The highest BCUT2D eigenvalue weighted by molar-refractivity contribution is 6.31.